The second-order valence-electron chi connectivity index (χ2n) is 8.10. The highest BCUT2D eigenvalue weighted by atomic mass is 35.5. The van der Waals surface area contributed by atoms with E-state index in [1.165, 1.54) is 11.3 Å². The van der Waals surface area contributed by atoms with Gasteiger partial charge in [-0.2, -0.15) is 0 Å². The van der Waals surface area contributed by atoms with Gasteiger partial charge in [-0.05, 0) is 24.3 Å². The predicted molar refractivity (Wildman–Crippen MR) is 124 cm³/mol. The van der Waals surface area contributed by atoms with Crippen LogP contribution in [-0.2, 0) is 25.9 Å². The van der Waals surface area contributed by atoms with Crippen molar-refractivity contribution in [2.45, 2.75) is 32.0 Å². The van der Waals surface area contributed by atoms with Crippen molar-refractivity contribution >= 4 is 39.2 Å². The number of carbonyl (C=O) groups is 1. The van der Waals surface area contributed by atoms with Crippen LogP contribution in [0.4, 0.5) is 4.79 Å². The van der Waals surface area contributed by atoms with Crippen molar-refractivity contribution in [1.29, 1.82) is 0 Å². The molecule has 0 aliphatic carbocycles. The van der Waals surface area contributed by atoms with Gasteiger partial charge in [0.1, 0.15) is 5.75 Å². The molecule has 4 aromatic rings. The molecule has 1 atom stereocenters. The van der Waals surface area contributed by atoms with Crippen molar-refractivity contribution in [2.75, 3.05) is 6.54 Å². The average Bonchev–Trinajstić information content (AvgIpc) is 3.52. The van der Waals surface area contributed by atoms with E-state index >= 15 is 0 Å². The summed E-state index contributed by atoms with van der Waals surface area (Å²) in [6.07, 6.45) is 1.93. The molecule has 33 heavy (non-hydrogen) atoms. The lowest BCUT2D eigenvalue weighted by molar-refractivity contribution is 0.189. The highest BCUT2D eigenvalue weighted by Crippen LogP contribution is 2.48. The standard InChI is InChI=1S/C23H19ClN4O4S/c24-12-5-11-6-19(21-16-10-25-3-2-17(16)28-32-21)31-20(11)15(7-12)14-1-4-26-18-8-13(33-22(14)18)9-27-23(29)30/h1,4-5,7-8,19,25,27H,2-3,6,9-10H2,(H,29,30)/t19-/m1/s1. The summed E-state index contributed by atoms with van der Waals surface area (Å²) in [5.74, 6) is 1.55. The smallest absolute Gasteiger partial charge is 0.404 e. The molecule has 0 bridgehead atoms. The van der Waals surface area contributed by atoms with E-state index < -0.39 is 6.09 Å². The second kappa shape index (κ2) is 8.02. The molecule has 2 aliphatic heterocycles. The molecule has 10 heteroatoms. The van der Waals surface area contributed by atoms with E-state index in [1.807, 2.05) is 24.3 Å². The molecule has 3 aromatic heterocycles. The summed E-state index contributed by atoms with van der Waals surface area (Å²) in [5, 5.41) is 19.6. The Labute approximate surface area is 197 Å². The van der Waals surface area contributed by atoms with E-state index in [4.69, 9.17) is 26.0 Å². The van der Waals surface area contributed by atoms with Gasteiger partial charge in [0, 0.05) is 64.3 Å². The van der Waals surface area contributed by atoms with Crippen molar-refractivity contribution < 1.29 is 19.2 Å². The highest BCUT2D eigenvalue weighted by molar-refractivity contribution is 7.19. The van der Waals surface area contributed by atoms with Gasteiger partial charge in [-0.1, -0.05) is 16.8 Å². The monoisotopic (exact) mass is 482 g/mol. The molecule has 3 N–H and O–H groups in total. The van der Waals surface area contributed by atoms with Crippen LogP contribution in [0.15, 0.2) is 35.0 Å². The normalized spacial score (nSPS) is 16.9. The van der Waals surface area contributed by atoms with E-state index in [1.54, 1.807) is 6.20 Å². The Morgan fingerprint density at radius 1 is 1.33 bits per heavy atom. The average molecular weight is 483 g/mol. The first-order chi connectivity index (χ1) is 16.1. The van der Waals surface area contributed by atoms with Crippen LogP contribution in [0.5, 0.6) is 5.75 Å². The fraction of sp³-hybridized carbons (Fsp3) is 0.261. The Morgan fingerprint density at radius 3 is 3.12 bits per heavy atom. The lowest BCUT2D eigenvalue weighted by Crippen LogP contribution is -2.24. The molecule has 1 amide bonds. The molecule has 1 aromatic carbocycles. The molecule has 168 valence electrons. The van der Waals surface area contributed by atoms with Crippen LogP contribution in [0, 0.1) is 0 Å². The number of rotatable bonds is 4. The number of pyridine rings is 1. The SMILES string of the molecule is O=C(O)NCc1cc2nccc(-c3cc(Cl)cc4c3O[C@@H](c3onc5c3CNCC5)C4)c2s1. The van der Waals surface area contributed by atoms with Crippen LogP contribution in [0.3, 0.4) is 0 Å². The quantitative estimate of drug-likeness (QED) is 0.387. The summed E-state index contributed by atoms with van der Waals surface area (Å²) >= 11 is 8.02. The molecule has 0 fully saturated rings. The number of nitrogens with one attached hydrogen (secondary N) is 2. The third-order valence-corrected chi connectivity index (χ3v) is 7.37. The third kappa shape index (κ3) is 3.62. The fourth-order valence-corrected chi connectivity index (χ4v) is 5.86. The Hall–Kier alpha value is -3.14. The van der Waals surface area contributed by atoms with Crippen molar-refractivity contribution in [3.05, 3.63) is 62.9 Å². The van der Waals surface area contributed by atoms with Gasteiger partial charge < -0.3 is 25.0 Å². The maximum Gasteiger partial charge on any atom is 0.404 e. The van der Waals surface area contributed by atoms with Gasteiger partial charge in [-0.3, -0.25) is 4.98 Å². The minimum Gasteiger partial charge on any atom is -0.481 e. The largest absolute Gasteiger partial charge is 0.481 e. The van der Waals surface area contributed by atoms with Gasteiger partial charge in [-0.15, -0.1) is 11.3 Å². The molecule has 2 aliphatic rings. The van der Waals surface area contributed by atoms with E-state index in [-0.39, 0.29) is 12.6 Å². The highest BCUT2D eigenvalue weighted by Gasteiger charge is 2.34. The molecule has 0 unspecified atom stereocenters. The molecule has 0 radical (unpaired) electrons. The maximum atomic E-state index is 10.9. The van der Waals surface area contributed by atoms with E-state index in [9.17, 15) is 4.79 Å². The number of aromatic nitrogens is 2. The van der Waals surface area contributed by atoms with Crippen LogP contribution in [0.2, 0.25) is 5.02 Å². The summed E-state index contributed by atoms with van der Waals surface area (Å²) in [5.41, 5.74) is 5.75. The number of halogens is 1. The molecular weight excluding hydrogens is 464 g/mol. The summed E-state index contributed by atoms with van der Waals surface area (Å²) < 4.78 is 13.1. The number of benzene rings is 1. The first kappa shape index (κ1) is 20.5. The van der Waals surface area contributed by atoms with Crippen molar-refractivity contribution in [3.8, 4) is 16.9 Å². The summed E-state index contributed by atoms with van der Waals surface area (Å²) in [6, 6.07) is 7.69. The molecule has 6 rings (SSSR count). The number of carboxylic acid groups (broad SMARTS) is 1. The van der Waals surface area contributed by atoms with Gasteiger partial charge >= 0.3 is 6.09 Å². The number of thiophene rings is 1. The minimum atomic E-state index is -1.06. The first-order valence-electron chi connectivity index (χ1n) is 10.6. The Kier molecular flexibility index (Phi) is 4.97. The summed E-state index contributed by atoms with van der Waals surface area (Å²) in [4.78, 5) is 16.2. The van der Waals surface area contributed by atoms with Gasteiger partial charge in [0.2, 0.25) is 0 Å². The second-order valence-corrected chi connectivity index (χ2v) is 9.67. The zero-order chi connectivity index (χ0) is 22.5. The van der Waals surface area contributed by atoms with Crippen LogP contribution in [-0.4, -0.2) is 27.9 Å². The number of amides is 1. The van der Waals surface area contributed by atoms with E-state index in [0.717, 1.165) is 74.1 Å². The van der Waals surface area contributed by atoms with E-state index in [0.29, 0.717) is 11.4 Å². The van der Waals surface area contributed by atoms with Crippen molar-refractivity contribution in [1.82, 2.24) is 20.8 Å². The number of fused-ring (bicyclic) bond motifs is 3. The molecule has 5 heterocycles. The van der Waals surface area contributed by atoms with Gasteiger partial charge in [0.15, 0.2) is 11.9 Å². The number of hydrogen-bond donors (Lipinski definition) is 3. The number of ether oxygens (including phenoxy) is 1. The van der Waals surface area contributed by atoms with Gasteiger partial charge in [0.05, 0.1) is 22.5 Å². The molecule has 0 saturated heterocycles. The Balaban J connectivity index is 1.40. The molecule has 0 saturated carbocycles. The topological polar surface area (TPSA) is 110 Å². The lowest BCUT2D eigenvalue weighted by atomic mass is 9.99. The minimum absolute atomic E-state index is 0.229. The fourth-order valence-electron chi connectivity index (χ4n) is 4.54. The zero-order valence-electron chi connectivity index (χ0n) is 17.4. The number of nitrogens with zero attached hydrogens (tertiary/aromatic N) is 2. The van der Waals surface area contributed by atoms with Crippen molar-refractivity contribution in [3.63, 3.8) is 0 Å². The van der Waals surface area contributed by atoms with Crippen LogP contribution >= 0.6 is 22.9 Å². The van der Waals surface area contributed by atoms with Crippen LogP contribution < -0.4 is 15.4 Å². The predicted octanol–water partition coefficient (Wildman–Crippen LogP) is 4.69. The summed E-state index contributed by atoms with van der Waals surface area (Å²) in [7, 11) is 0. The third-order valence-electron chi connectivity index (χ3n) is 6.00. The lowest BCUT2D eigenvalue weighted by Gasteiger charge is -2.15. The Bertz CT molecular complexity index is 1400. The maximum absolute atomic E-state index is 10.9. The van der Waals surface area contributed by atoms with Gasteiger partial charge in [0.25, 0.3) is 0 Å². The Morgan fingerprint density at radius 2 is 2.24 bits per heavy atom. The number of hydrogen-bond acceptors (Lipinski definition) is 7. The summed E-state index contributed by atoms with van der Waals surface area (Å²) in [6.45, 7) is 1.85. The van der Waals surface area contributed by atoms with Gasteiger partial charge in [-0.25, -0.2) is 4.79 Å². The van der Waals surface area contributed by atoms with Crippen LogP contribution in [0.25, 0.3) is 21.3 Å². The zero-order valence-corrected chi connectivity index (χ0v) is 18.9. The van der Waals surface area contributed by atoms with Crippen LogP contribution in [0.1, 0.15) is 33.6 Å². The molecule has 8 nitrogen and oxygen atoms in total. The van der Waals surface area contributed by atoms with E-state index in [2.05, 4.69) is 20.8 Å². The van der Waals surface area contributed by atoms with Crippen molar-refractivity contribution in [2.24, 2.45) is 0 Å². The molecular formula is C23H19ClN4O4S. The first-order valence-corrected chi connectivity index (χ1v) is 11.8. The molecule has 0 spiro atoms.